The molecule has 0 unspecified atom stereocenters. The second kappa shape index (κ2) is 7.62. The molecule has 0 bridgehead atoms. The molecular weight excluding hydrogens is 353 g/mol. The molecule has 0 radical (unpaired) electrons. The smallest absolute Gasteiger partial charge is 0.420 e. The first-order valence-corrected chi connectivity index (χ1v) is 8.21. The number of amides is 2. The Morgan fingerprint density at radius 2 is 1.25 bits per heavy atom. The zero-order chi connectivity index (χ0) is 18.7. The third-order valence-corrected chi connectivity index (χ3v) is 2.93. The summed E-state index contributed by atoms with van der Waals surface area (Å²) < 4.78 is 10.6. The van der Waals surface area contributed by atoms with Crippen molar-refractivity contribution in [2.75, 3.05) is 0 Å². The van der Waals surface area contributed by atoms with Gasteiger partial charge in [-0.3, -0.25) is 0 Å². The van der Waals surface area contributed by atoms with Gasteiger partial charge in [0.05, 0.1) is 6.54 Å². The minimum atomic E-state index is -0.798. The lowest BCUT2D eigenvalue weighted by atomic mass is 10.2. The standard InChI is InChI=1S/C17H23Cl2NO4/c1-16(2,3)23-14(21)20(15(22)24-17(4,5)6)10-11-7-12(18)9-13(19)8-11/h7-9H,10H2,1-6H3. The number of ether oxygens (including phenoxy) is 2. The maximum Gasteiger partial charge on any atom is 0.420 e. The Hall–Kier alpha value is -1.46. The van der Waals surface area contributed by atoms with E-state index in [9.17, 15) is 9.59 Å². The van der Waals surface area contributed by atoms with Crippen molar-refractivity contribution in [3.8, 4) is 0 Å². The van der Waals surface area contributed by atoms with Gasteiger partial charge in [0, 0.05) is 10.0 Å². The monoisotopic (exact) mass is 375 g/mol. The van der Waals surface area contributed by atoms with Crippen LogP contribution in [0.2, 0.25) is 10.0 Å². The summed E-state index contributed by atoms with van der Waals surface area (Å²) in [6.45, 7) is 10.2. The highest BCUT2D eigenvalue weighted by Gasteiger charge is 2.31. The molecule has 0 atom stereocenters. The molecule has 0 aliphatic rings. The van der Waals surface area contributed by atoms with Crippen molar-refractivity contribution in [3.63, 3.8) is 0 Å². The molecule has 0 heterocycles. The van der Waals surface area contributed by atoms with E-state index < -0.39 is 23.4 Å². The van der Waals surface area contributed by atoms with Crippen LogP contribution in [0.25, 0.3) is 0 Å². The van der Waals surface area contributed by atoms with Gasteiger partial charge in [-0.1, -0.05) is 23.2 Å². The number of nitrogens with zero attached hydrogens (tertiary/aromatic N) is 1. The molecule has 2 amide bonds. The van der Waals surface area contributed by atoms with Crippen LogP contribution in [0.5, 0.6) is 0 Å². The van der Waals surface area contributed by atoms with Gasteiger partial charge >= 0.3 is 12.2 Å². The number of imide groups is 1. The van der Waals surface area contributed by atoms with Gasteiger partial charge in [-0.25, -0.2) is 14.5 Å². The van der Waals surface area contributed by atoms with Crippen molar-refractivity contribution in [1.29, 1.82) is 0 Å². The second-order valence-electron chi connectivity index (χ2n) is 7.32. The molecule has 1 aromatic carbocycles. The van der Waals surface area contributed by atoms with Crippen molar-refractivity contribution in [2.45, 2.75) is 59.3 Å². The Labute approximate surface area is 152 Å². The van der Waals surface area contributed by atoms with Crippen LogP contribution in [0.15, 0.2) is 18.2 Å². The highest BCUT2D eigenvalue weighted by Crippen LogP contribution is 2.22. The third kappa shape index (κ3) is 7.41. The first-order chi connectivity index (χ1) is 10.8. The molecule has 0 saturated heterocycles. The zero-order valence-corrected chi connectivity index (χ0v) is 16.3. The summed E-state index contributed by atoms with van der Waals surface area (Å²) in [5.74, 6) is 0. The molecule has 1 rings (SSSR count). The molecule has 0 aliphatic carbocycles. The van der Waals surface area contributed by atoms with Crippen molar-refractivity contribution in [3.05, 3.63) is 33.8 Å². The lowest BCUT2D eigenvalue weighted by molar-refractivity contribution is -0.000246. The van der Waals surface area contributed by atoms with Crippen LogP contribution in [-0.2, 0) is 16.0 Å². The van der Waals surface area contributed by atoms with Crippen molar-refractivity contribution < 1.29 is 19.1 Å². The molecule has 0 N–H and O–H groups in total. The van der Waals surface area contributed by atoms with Gasteiger partial charge in [0.15, 0.2) is 0 Å². The summed E-state index contributed by atoms with van der Waals surface area (Å²) in [5.41, 5.74) is -0.906. The van der Waals surface area contributed by atoms with Crippen LogP contribution >= 0.6 is 23.2 Å². The van der Waals surface area contributed by atoms with Gasteiger partial charge < -0.3 is 9.47 Å². The largest absolute Gasteiger partial charge is 0.443 e. The van der Waals surface area contributed by atoms with Crippen molar-refractivity contribution in [2.24, 2.45) is 0 Å². The van der Waals surface area contributed by atoms with E-state index in [0.29, 0.717) is 15.6 Å². The summed E-state index contributed by atoms with van der Waals surface area (Å²) in [7, 11) is 0. The van der Waals surface area contributed by atoms with Crippen molar-refractivity contribution >= 4 is 35.4 Å². The van der Waals surface area contributed by atoms with Crippen LogP contribution in [0, 0.1) is 0 Å². The molecule has 24 heavy (non-hydrogen) atoms. The van der Waals surface area contributed by atoms with Gasteiger partial charge in [-0.2, -0.15) is 0 Å². The van der Waals surface area contributed by atoms with Crippen LogP contribution in [-0.4, -0.2) is 28.3 Å². The summed E-state index contributed by atoms with van der Waals surface area (Å²) >= 11 is 11.9. The number of hydrogen-bond acceptors (Lipinski definition) is 4. The third-order valence-electron chi connectivity index (χ3n) is 2.49. The van der Waals surface area contributed by atoms with Crippen LogP contribution in [0.4, 0.5) is 9.59 Å². The Kier molecular flexibility index (Phi) is 6.53. The zero-order valence-electron chi connectivity index (χ0n) is 14.8. The molecule has 0 aromatic heterocycles. The van der Waals surface area contributed by atoms with Crippen molar-refractivity contribution in [1.82, 2.24) is 4.90 Å². The highest BCUT2D eigenvalue weighted by atomic mass is 35.5. The fourth-order valence-electron chi connectivity index (χ4n) is 1.72. The molecular formula is C17H23Cl2NO4. The number of benzene rings is 1. The summed E-state index contributed by atoms with van der Waals surface area (Å²) in [5, 5.41) is 0.816. The van der Waals surface area contributed by atoms with E-state index in [1.54, 1.807) is 59.7 Å². The van der Waals surface area contributed by atoms with E-state index in [4.69, 9.17) is 32.7 Å². The first kappa shape index (κ1) is 20.6. The lowest BCUT2D eigenvalue weighted by Gasteiger charge is -2.28. The minimum absolute atomic E-state index is 0.0654. The maximum absolute atomic E-state index is 12.4. The Morgan fingerprint density at radius 3 is 1.58 bits per heavy atom. The number of carbonyl (C=O) groups excluding carboxylic acids is 2. The quantitative estimate of drug-likeness (QED) is 0.668. The fourth-order valence-corrected chi connectivity index (χ4v) is 2.29. The van der Waals surface area contributed by atoms with Crippen LogP contribution in [0.1, 0.15) is 47.1 Å². The highest BCUT2D eigenvalue weighted by molar-refractivity contribution is 6.34. The van der Waals surface area contributed by atoms with E-state index in [0.717, 1.165) is 4.90 Å². The molecule has 0 spiro atoms. The number of rotatable bonds is 2. The Bertz CT molecular complexity index is 570. The van der Waals surface area contributed by atoms with E-state index in [2.05, 4.69) is 0 Å². The van der Waals surface area contributed by atoms with Gasteiger partial charge in [0.1, 0.15) is 11.2 Å². The van der Waals surface area contributed by atoms with E-state index in [-0.39, 0.29) is 6.54 Å². The van der Waals surface area contributed by atoms with E-state index in [1.807, 2.05) is 0 Å². The summed E-state index contributed by atoms with van der Waals surface area (Å²) in [6.07, 6.45) is -1.60. The van der Waals surface area contributed by atoms with E-state index in [1.165, 1.54) is 0 Å². The van der Waals surface area contributed by atoms with Crippen LogP contribution < -0.4 is 0 Å². The van der Waals surface area contributed by atoms with Crippen LogP contribution in [0.3, 0.4) is 0 Å². The fraction of sp³-hybridized carbons (Fsp3) is 0.529. The number of hydrogen-bond donors (Lipinski definition) is 0. The average Bonchev–Trinajstić information content (AvgIpc) is 2.29. The topological polar surface area (TPSA) is 55.8 Å². The predicted molar refractivity (Wildman–Crippen MR) is 94.5 cm³/mol. The van der Waals surface area contributed by atoms with Gasteiger partial charge in [0.25, 0.3) is 0 Å². The van der Waals surface area contributed by atoms with Gasteiger partial charge in [-0.05, 0) is 65.3 Å². The molecule has 1 aromatic rings. The number of carbonyl (C=O) groups is 2. The first-order valence-electron chi connectivity index (χ1n) is 7.45. The molecule has 7 heteroatoms. The Morgan fingerprint density at radius 1 is 0.875 bits per heavy atom. The Balaban J connectivity index is 3.08. The normalized spacial score (nSPS) is 11.8. The van der Waals surface area contributed by atoms with E-state index >= 15 is 0 Å². The minimum Gasteiger partial charge on any atom is -0.443 e. The molecule has 0 fully saturated rings. The summed E-state index contributed by atoms with van der Waals surface area (Å²) in [4.78, 5) is 25.7. The van der Waals surface area contributed by atoms with Gasteiger partial charge in [-0.15, -0.1) is 0 Å². The summed E-state index contributed by atoms with van der Waals surface area (Å²) in [6, 6.07) is 4.81. The SMILES string of the molecule is CC(C)(C)OC(=O)N(Cc1cc(Cl)cc(Cl)c1)C(=O)OC(C)(C)C. The molecule has 5 nitrogen and oxygen atoms in total. The second-order valence-corrected chi connectivity index (χ2v) is 8.20. The molecule has 0 aliphatic heterocycles. The molecule has 0 saturated carbocycles. The maximum atomic E-state index is 12.4. The number of halogens is 2. The molecule has 134 valence electrons. The predicted octanol–water partition coefficient (Wildman–Crippen LogP) is 5.67. The average molecular weight is 376 g/mol. The lowest BCUT2D eigenvalue weighted by Crippen LogP contribution is -2.43. The van der Waals surface area contributed by atoms with Gasteiger partial charge in [0.2, 0.25) is 0 Å².